The number of urea groups is 1. The van der Waals surface area contributed by atoms with Crippen molar-refractivity contribution in [2.45, 2.75) is 12.5 Å². The Hall–Kier alpha value is -2.11. The molecule has 1 aromatic carbocycles. The molecule has 2 N–H and O–H groups in total. The summed E-state index contributed by atoms with van der Waals surface area (Å²) in [5.41, 5.74) is 0.953. The fourth-order valence-corrected chi connectivity index (χ4v) is 1.91. The monoisotopic (exact) mass is 265 g/mol. The van der Waals surface area contributed by atoms with Crippen LogP contribution in [0.2, 0.25) is 0 Å². The molecule has 0 saturated carbocycles. The summed E-state index contributed by atoms with van der Waals surface area (Å²) in [4.78, 5) is 24.4. The van der Waals surface area contributed by atoms with Crippen LogP contribution in [0.4, 0.5) is 9.18 Å². The van der Waals surface area contributed by atoms with E-state index < -0.39 is 6.04 Å². The van der Waals surface area contributed by atoms with Gasteiger partial charge in [-0.15, -0.1) is 0 Å². The molecule has 3 amide bonds. The molecule has 0 bridgehead atoms. The van der Waals surface area contributed by atoms with Gasteiger partial charge in [0.2, 0.25) is 5.91 Å². The number of nitrogens with zero attached hydrogens (tertiary/aromatic N) is 1. The Morgan fingerprint density at radius 3 is 2.74 bits per heavy atom. The molecule has 1 saturated heterocycles. The number of rotatable bonds is 4. The van der Waals surface area contributed by atoms with E-state index in [1.807, 2.05) is 0 Å². The lowest BCUT2D eigenvalue weighted by Gasteiger charge is -2.10. The molecule has 1 aromatic rings. The van der Waals surface area contributed by atoms with Gasteiger partial charge in [-0.3, -0.25) is 4.79 Å². The molecule has 1 fully saturated rings. The Kier molecular flexibility index (Phi) is 3.99. The molecule has 1 aliphatic rings. The van der Waals surface area contributed by atoms with E-state index in [2.05, 4.69) is 10.6 Å². The quantitative estimate of drug-likeness (QED) is 0.833. The summed E-state index contributed by atoms with van der Waals surface area (Å²) in [7, 11) is 1.64. The Bertz CT molecular complexity index is 475. The van der Waals surface area contributed by atoms with Crippen LogP contribution >= 0.6 is 0 Å². The number of halogens is 1. The van der Waals surface area contributed by atoms with Crippen molar-refractivity contribution < 1.29 is 14.0 Å². The van der Waals surface area contributed by atoms with E-state index in [9.17, 15) is 14.0 Å². The maximum Gasteiger partial charge on any atom is 0.317 e. The van der Waals surface area contributed by atoms with Gasteiger partial charge in [0.15, 0.2) is 0 Å². The van der Waals surface area contributed by atoms with Gasteiger partial charge in [-0.2, -0.15) is 0 Å². The van der Waals surface area contributed by atoms with E-state index in [1.54, 1.807) is 19.2 Å². The topological polar surface area (TPSA) is 61.4 Å². The molecule has 19 heavy (non-hydrogen) atoms. The van der Waals surface area contributed by atoms with E-state index in [4.69, 9.17) is 0 Å². The van der Waals surface area contributed by atoms with Crippen molar-refractivity contribution in [3.05, 3.63) is 35.6 Å². The second-order valence-corrected chi connectivity index (χ2v) is 4.55. The normalized spacial score (nSPS) is 18.3. The highest BCUT2D eigenvalue weighted by Crippen LogP contribution is 2.03. The van der Waals surface area contributed by atoms with E-state index in [-0.39, 0.29) is 17.8 Å². The van der Waals surface area contributed by atoms with Crippen LogP contribution in [0.25, 0.3) is 0 Å². The zero-order chi connectivity index (χ0) is 13.8. The lowest BCUT2D eigenvalue weighted by molar-refractivity contribution is -0.122. The maximum absolute atomic E-state index is 12.7. The number of hydrogen-bond donors (Lipinski definition) is 2. The van der Waals surface area contributed by atoms with Gasteiger partial charge in [-0.1, -0.05) is 12.1 Å². The summed E-state index contributed by atoms with van der Waals surface area (Å²) in [6.07, 6.45) is 0.628. The van der Waals surface area contributed by atoms with E-state index >= 15 is 0 Å². The average Bonchev–Trinajstić information content (AvgIpc) is 2.72. The van der Waals surface area contributed by atoms with Gasteiger partial charge in [0, 0.05) is 13.6 Å². The molecule has 1 aliphatic heterocycles. The van der Waals surface area contributed by atoms with Crippen molar-refractivity contribution in [3.8, 4) is 0 Å². The third-order valence-electron chi connectivity index (χ3n) is 3.04. The van der Waals surface area contributed by atoms with Crippen LogP contribution < -0.4 is 10.6 Å². The molecule has 0 aliphatic carbocycles. The molecule has 0 radical (unpaired) electrons. The first-order valence-electron chi connectivity index (χ1n) is 6.10. The molecular weight excluding hydrogens is 249 g/mol. The number of benzene rings is 1. The summed E-state index contributed by atoms with van der Waals surface area (Å²) in [6.45, 7) is 0.835. The Morgan fingerprint density at radius 1 is 1.47 bits per heavy atom. The SMILES string of the molecule is CN1CC(C(=O)NCCc2ccc(F)cc2)NC1=O. The van der Waals surface area contributed by atoms with Crippen LogP contribution in [0.15, 0.2) is 24.3 Å². The van der Waals surface area contributed by atoms with Gasteiger partial charge >= 0.3 is 6.03 Å². The van der Waals surface area contributed by atoms with Gasteiger partial charge in [0.25, 0.3) is 0 Å². The first kappa shape index (κ1) is 13.3. The van der Waals surface area contributed by atoms with Crippen molar-refractivity contribution >= 4 is 11.9 Å². The van der Waals surface area contributed by atoms with E-state index in [0.29, 0.717) is 19.5 Å². The highest BCUT2D eigenvalue weighted by Gasteiger charge is 2.30. The molecule has 0 aromatic heterocycles. The van der Waals surface area contributed by atoms with Crippen molar-refractivity contribution in [2.75, 3.05) is 20.1 Å². The average molecular weight is 265 g/mol. The number of hydrogen-bond acceptors (Lipinski definition) is 2. The third-order valence-corrected chi connectivity index (χ3v) is 3.04. The molecule has 6 heteroatoms. The van der Waals surface area contributed by atoms with Crippen LogP contribution in [-0.4, -0.2) is 43.0 Å². The molecule has 5 nitrogen and oxygen atoms in total. The van der Waals surface area contributed by atoms with Crippen molar-refractivity contribution in [3.63, 3.8) is 0 Å². The highest BCUT2D eigenvalue weighted by molar-refractivity contribution is 5.90. The minimum atomic E-state index is -0.495. The number of carbonyl (C=O) groups excluding carboxylic acids is 2. The van der Waals surface area contributed by atoms with Gasteiger partial charge in [0.05, 0.1) is 6.54 Å². The smallest absolute Gasteiger partial charge is 0.317 e. The summed E-state index contributed by atoms with van der Waals surface area (Å²) < 4.78 is 12.7. The fourth-order valence-electron chi connectivity index (χ4n) is 1.91. The number of amides is 3. The highest BCUT2D eigenvalue weighted by atomic mass is 19.1. The second kappa shape index (κ2) is 5.69. The largest absolute Gasteiger partial charge is 0.354 e. The van der Waals surface area contributed by atoms with E-state index in [1.165, 1.54) is 17.0 Å². The second-order valence-electron chi connectivity index (χ2n) is 4.55. The van der Waals surface area contributed by atoms with Crippen LogP contribution in [0.1, 0.15) is 5.56 Å². The number of likely N-dealkylation sites (N-methyl/N-ethyl adjacent to an activating group) is 1. The number of nitrogens with one attached hydrogen (secondary N) is 2. The first-order valence-corrected chi connectivity index (χ1v) is 6.10. The molecule has 102 valence electrons. The molecule has 1 unspecified atom stereocenters. The zero-order valence-electron chi connectivity index (χ0n) is 10.6. The molecule has 0 spiro atoms. The van der Waals surface area contributed by atoms with Crippen LogP contribution in [0.3, 0.4) is 0 Å². The lowest BCUT2D eigenvalue weighted by Crippen LogP contribution is -2.43. The van der Waals surface area contributed by atoms with Crippen molar-refractivity contribution in [1.82, 2.24) is 15.5 Å². The van der Waals surface area contributed by atoms with Crippen molar-refractivity contribution in [1.29, 1.82) is 0 Å². The summed E-state index contributed by atoms with van der Waals surface area (Å²) in [5, 5.41) is 5.34. The predicted octanol–water partition coefficient (Wildman–Crippen LogP) is 0.508. The summed E-state index contributed by atoms with van der Waals surface area (Å²) in [5.74, 6) is -0.468. The fraction of sp³-hybridized carbons (Fsp3) is 0.385. The van der Waals surface area contributed by atoms with Crippen molar-refractivity contribution in [2.24, 2.45) is 0 Å². The molecule has 1 heterocycles. The van der Waals surface area contributed by atoms with Gasteiger partial charge in [-0.25, -0.2) is 9.18 Å². The first-order chi connectivity index (χ1) is 9.06. The van der Waals surface area contributed by atoms with E-state index in [0.717, 1.165) is 5.56 Å². The van der Waals surface area contributed by atoms with Crippen LogP contribution in [0, 0.1) is 5.82 Å². The summed E-state index contributed by atoms with van der Waals surface area (Å²) >= 11 is 0. The maximum atomic E-state index is 12.7. The Labute approximate surface area is 110 Å². The minimum absolute atomic E-state index is 0.195. The van der Waals surface area contributed by atoms with Gasteiger partial charge < -0.3 is 15.5 Å². The minimum Gasteiger partial charge on any atom is -0.354 e. The molecular formula is C13H16FN3O2. The lowest BCUT2D eigenvalue weighted by atomic mass is 10.1. The van der Waals surface area contributed by atoms with Crippen LogP contribution in [-0.2, 0) is 11.2 Å². The Balaban J connectivity index is 1.75. The molecule has 2 rings (SSSR count). The molecule has 1 atom stereocenters. The zero-order valence-corrected chi connectivity index (χ0v) is 10.6. The van der Waals surface area contributed by atoms with Crippen LogP contribution in [0.5, 0.6) is 0 Å². The standard InChI is InChI=1S/C13H16FN3O2/c1-17-8-11(16-13(17)19)12(18)15-7-6-9-2-4-10(14)5-3-9/h2-5,11H,6-8H2,1H3,(H,15,18)(H,16,19). The summed E-state index contributed by atoms with van der Waals surface area (Å²) in [6, 6.07) is 5.43. The third kappa shape index (κ3) is 3.43. The number of carbonyl (C=O) groups is 2. The predicted molar refractivity (Wildman–Crippen MR) is 68.1 cm³/mol. The van der Waals surface area contributed by atoms with Gasteiger partial charge in [0.1, 0.15) is 11.9 Å². The van der Waals surface area contributed by atoms with Gasteiger partial charge in [-0.05, 0) is 24.1 Å². The Morgan fingerprint density at radius 2 is 2.16 bits per heavy atom.